The normalized spacial score (nSPS) is 13.2. The number of benzene rings is 1. The Morgan fingerprint density at radius 3 is 2.60 bits per heavy atom. The molecule has 1 aromatic rings. The average Bonchev–Trinajstić information content (AvgIpc) is 2.13. The van der Waals surface area contributed by atoms with Crippen LogP contribution in [-0.4, -0.2) is 11.1 Å². The van der Waals surface area contributed by atoms with Crippen molar-refractivity contribution in [3.8, 4) is 5.75 Å². The second kappa shape index (κ2) is 5.19. The van der Waals surface area contributed by atoms with Crippen LogP contribution in [0.5, 0.6) is 5.75 Å². The standard InChI is InChI=1S/C11H15BrClNO/c1-6(2)10(14)4-7-3-8(13)5-9(12)11(7)15/h3,5-6,10,15H,4,14H2,1-2H3. The van der Waals surface area contributed by atoms with Gasteiger partial charge in [0, 0.05) is 11.1 Å². The Balaban J connectivity index is 2.94. The van der Waals surface area contributed by atoms with Crippen LogP contribution in [0, 0.1) is 5.92 Å². The van der Waals surface area contributed by atoms with E-state index < -0.39 is 0 Å². The van der Waals surface area contributed by atoms with Gasteiger partial charge in [-0.15, -0.1) is 0 Å². The molecule has 15 heavy (non-hydrogen) atoms. The van der Waals surface area contributed by atoms with Gasteiger partial charge in [0.05, 0.1) is 4.47 Å². The van der Waals surface area contributed by atoms with E-state index in [1.54, 1.807) is 12.1 Å². The summed E-state index contributed by atoms with van der Waals surface area (Å²) >= 11 is 9.15. The molecule has 0 bridgehead atoms. The van der Waals surface area contributed by atoms with Gasteiger partial charge in [-0.1, -0.05) is 25.4 Å². The third-order valence-corrected chi connectivity index (χ3v) is 3.24. The first-order chi connectivity index (χ1) is 6.91. The average molecular weight is 293 g/mol. The molecule has 1 rings (SSSR count). The minimum Gasteiger partial charge on any atom is -0.506 e. The summed E-state index contributed by atoms with van der Waals surface area (Å²) in [5.41, 5.74) is 6.74. The lowest BCUT2D eigenvalue weighted by Crippen LogP contribution is -2.28. The fraction of sp³-hybridized carbons (Fsp3) is 0.455. The lowest BCUT2D eigenvalue weighted by molar-refractivity contribution is 0.446. The number of halogens is 2. The van der Waals surface area contributed by atoms with Gasteiger partial charge in [0.25, 0.3) is 0 Å². The SMILES string of the molecule is CC(C)C(N)Cc1cc(Cl)cc(Br)c1O. The van der Waals surface area contributed by atoms with E-state index in [4.69, 9.17) is 17.3 Å². The number of hydrogen-bond acceptors (Lipinski definition) is 2. The first kappa shape index (κ1) is 12.8. The minimum atomic E-state index is 0.0290. The molecule has 0 aliphatic rings. The van der Waals surface area contributed by atoms with E-state index in [0.717, 1.165) is 5.56 Å². The third-order valence-electron chi connectivity index (χ3n) is 2.42. The Kier molecular flexibility index (Phi) is 4.44. The van der Waals surface area contributed by atoms with Crippen molar-refractivity contribution in [2.75, 3.05) is 0 Å². The molecular formula is C11H15BrClNO. The summed E-state index contributed by atoms with van der Waals surface area (Å²) in [6.07, 6.45) is 0.628. The van der Waals surface area contributed by atoms with E-state index in [1.165, 1.54) is 0 Å². The van der Waals surface area contributed by atoms with E-state index in [-0.39, 0.29) is 11.8 Å². The Morgan fingerprint density at radius 1 is 1.47 bits per heavy atom. The monoisotopic (exact) mass is 291 g/mol. The molecule has 0 heterocycles. The van der Waals surface area contributed by atoms with Gasteiger partial charge in [-0.2, -0.15) is 0 Å². The van der Waals surface area contributed by atoms with Crippen LogP contribution in [0.25, 0.3) is 0 Å². The highest BCUT2D eigenvalue weighted by Gasteiger charge is 2.13. The van der Waals surface area contributed by atoms with Crippen molar-refractivity contribution in [3.05, 3.63) is 27.2 Å². The molecule has 2 nitrogen and oxygen atoms in total. The Labute approximate surface area is 104 Å². The first-order valence-electron chi connectivity index (χ1n) is 4.84. The van der Waals surface area contributed by atoms with Crippen molar-refractivity contribution in [1.29, 1.82) is 0 Å². The molecule has 1 aromatic carbocycles. The molecule has 0 radical (unpaired) electrons. The van der Waals surface area contributed by atoms with Crippen LogP contribution in [0.4, 0.5) is 0 Å². The molecule has 0 fully saturated rings. The molecule has 4 heteroatoms. The second-order valence-electron chi connectivity index (χ2n) is 4.01. The maximum atomic E-state index is 9.79. The van der Waals surface area contributed by atoms with Crippen molar-refractivity contribution in [3.63, 3.8) is 0 Å². The second-order valence-corrected chi connectivity index (χ2v) is 5.30. The molecule has 0 aliphatic heterocycles. The zero-order valence-electron chi connectivity index (χ0n) is 8.80. The van der Waals surface area contributed by atoms with Gasteiger partial charge >= 0.3 is 0 Å². The van der Waals surface area contributed by atoms with Gasteiger partial charge in [-0.3, -0.25) is 0 Å². The minimum absolute atomic E-state index is 0.0290. The van der Waals surface area contributed by atoms with Gasteiger partial charge in [0.15, 0.2) is 0 Å². The largest absolute Gasteiger partial charge is 0.506 e. The van der Waals surface area contributed by atoms with E-state index >= 15 is 0 Å². The molecule has 3 N–H and O–H groups in total. The summed E-state index contributed by atoms with van der Waals surface area (Å²) in [5, 5.41) is 10.4. The van der Waals surface area contributed by atoms with Gasteiger partial charge in [0.1, 0.15) is 5.75 Å². The van der Waals surface area contributed by atoms with E-state index in [0.29, 0.717) is 21.8 Å². The van der Waals surface area contributed by atoms with Crippen LogP contribution in [0.15, 0.2) is 16.6 Å². The number of nitrogens with two attached hydrogens (primary N) is 1. The van der Waals surface area contributed by atoms with Crippen LogP contribution >= 0.6 is 27.5 Å². The number of hydrogen-bond donors (Lipinski definition) is 2. The van der Waals surface area contributed by atoms with Gasteiger partial charge < -0.3 is 10.8 Å². The molecule has 0 amide bonds. The van der Waals surface area contributed by atoms with Crippen molar-refractivity contribution in [1.82, 2.24) is 0 Å². The van der Waals surface area contributed by atoms with Crippen molar-refractivity contribution in [2.24, 2.45) is 11.7 Å². The summed E-state index contributed by atoms with van der Waals surface area (Å²) in [5.74, 6) is 0.609. The highest BCUT2D eigenvalue weighted by molar-refractivity contribution is 9.10. The summed E-state index contributed by atoms with van der Waals surface area (Å²) in [6.45, 7) is 4.11. The van der Waals surface area contributed by atoms with Gasteiger partial charge in [-0.05, 0) is 46.0 Å². The third kappa shape index (κ3) is 3.37. The van der Waals surface area contributed by atoms with Crippen LogP contribution in [0.3, 0.4) is 0 Å². The molecule has 1 unspecified atom stereocenters. The van der Waals surface area contributed by atoms with Crippen molar-refractivity contribution >= 4 is 27.5 Å². The maximum Gasteiger partial charge on any atom is 0.133 e. The van der Waals surface area contributed by atoms with E-state index in [1.807, 2.05) is 0 Å². The fourth-order valence-electron chi connectivity index (χ4n) is 1.26. The Bertz CT molecular complexity index is 355. The summed E-state index contributed by atoms with van der Waals surface area (Å²) in [6, 6.07) is 3.45. The van der Waals surface area contributed by atoms with E-state index in [2.05, 4.69) is 29.8 Å². The Hall–Kier alpha value is -0.250. The van der Waals surface area contributed by atoms with Gasteiger partial charge in [0.2, 0.25) is 0 Å². The predicted molar refractivity (Wildman–Crippen MR) is 67.3 cm³/mol. The van der Waals surface area contributed by atoms with Gasteiger partial charge in [-0.25, -0.2) is 0 Å². The number of phenolic OH excluding ortho intramolecular Hbond substituents is 1. The molecule has 0 aromatic heterocycles. The zero-order chi connectivity index (χ0) is 11.6. The summed E-state index contributed by atoms with van der Waals surface area (Å²) < 4.78 is 0.612. The summed E-state index contributed by atoms with van der Waals surface area (Å²) in [4.78, 5) is 0. The molecule has 1 atom stereocenters. The lowest BCUT2D eigenvalue weighted by Gasteiger charge is -2.16. The molecular weight excluding hydrogens is 277 g/mol. The van der Waals surface area contributed by atoms with Crippen LogP contribution in [0.2, 0.25) is 5.02 Å². The zero-order valence-corrected chi connectivity index (χ0v) is 11.1. The molecule has 0 aliphatic carbocycles. The Morgan fingerprint density at radius 2 is 2.07 bits per heavy atom. The smallest absolute Gasteiger partial charge is 0.133 e. The van der Waals surface area contributed by atoms with Crippen LogP contribution in [-0.2, 0) is 6.42 Å². The van der Waals surface area contributed by atoms with Crippen LogP contribution in [0.1, 0.15) is 19.4 Å². The summed E-state index contributed by atoms with van der Waals surface area (Å²) in [7, 11) is 0. The lowest BCUT2D eigenvalue weighted by atomic mass is 9.97. The maximum absolute atomic E-state index is 9.79. The molecule has 0 saturated heterocycles. The highest BCUT2D eigenvalue weighted by atomic mass is 79.9. The number of rotatable bonds is 3. The van der Waals surface area contributed by atoms with Crippen molar-refractivity contribution in [2.45, 2.75) is 26.3 Å². The van der Waals surface area contributed by atoms with E-state index in [9.17, 15) is 5.11 Å². The first-order valence-corrected chi connectivity index (χ1v) is 6.01. The fourth-order valence-corrected chi connectivity index (χ4v) is 2.14. The number of phenols is 1. The van der Waals surface area contributed by atoms with Crippen molar-refractivity contribution < 1.29 is 5.11 Å². The highest BCUT2D eigenvalue weighted by Crippen LogP contribution is 2.32. The number of aromatic hydroxyl groups is 1. The predicted octanol–water partition coefficient (Wildman–Crippen LogP) is 3.33. The molecule has 0 saturated carbocycles. The molecule has 84 valence electrons. The molecule has 0 spiro atoms. The van der Waals surface area contributed by atoms with Crippen LogP contribution < -0.4 is 5.73 Å². The quantitative estimate of drug-likeness (QED) is 0.897. The topological polar surface area (TPSA) is 46.2 Å².